The zero-order valence-electron chi connectivity index (χ0n) is 15.9. The third-order valence-corrected chi connectivity index (χ3v) is 4.90. The fourth-order valence-corrected chi connectivity index (χ4v) is 3.40. The van der Waals surface area contributed by atoms with Gasteiger partial charge in [0.2, 0.25) is 11.8 Å². The van der Waals surface area contributed by atoms with Gasteiger partial charge in [-0.15, -0.1) is 0 Å². The van der Waals surface area contributed by atoms with E-state index < -0.39 is 6.04 Å². The molecule has 24 heavy (non-hydrogen) atoms. The van der Waals surface area contributed by atoms with Crippen molar-refractivity contribution >= 4 is 11.8 Å². The topological polar surface area (TPSA) is 70.7 Å². The third kappa shape index (κ3) is 6.40. The number of nitrogens with one attached hydrogen (secondary N) is 2. The maximum absolute atomic E-state index is 12.5. The van der Waals surface area contributed by atoms with E-state index in [0.29, 0.717) is 18.5 Å². The van der Waals surface area contributed by atoms with Gasteiger partial charge in [-0.3, -0.25) is 14.5 Å². The second-order valence-corrected chi connectivity index (χ2v) is 6.96. The second-order valence-electron chi connectivity index (χ2n) is 6.96. The highest BCUT2D eigenvalue weighted by atomic mass is 16.5. The lowest BCUT2D eigenvalue weighted by molar-refractivity contribution is -0.129. The van der Waals surface area contributed by atoms with E-state index in [1.165, 1.54) is 6.92 Å². The number of hydrogen-bond acceptors (Lipinski definition) is 4. The standard InChI is InChI=1S/C18H35N3O3/c1-6-15(7-2)16(21-8-10-24-11-9-21)12-19-18(23)17(13(3)4)20-14(5)22/h13,15-17H,6-12H2,1-5H3,(H,19,23)(H,20,22). The van der Waals surface area contributed by atoms with E-state index in [-0.39, 0.29) is 17.7 Å². The lowest BCUT2D eigenvalue weighted by Gasteiger charge is -2.39. The molecule has 1 fully saturated rings. The first kappa shape index (κ1) is 20.9. The highest BCUT2D eigenvalue weighted by molar-refractivity contribution is 5.87. The first-order valence-electron chi connectivity index (χ1n) is 9.27. The van der Waals surface area contributed by atoms with Crippen molar-refractivity contribution in [2.45, 2.75) is 59.5 Å². The Kier molecular flexibility index (Phi) is 9.29. The summed E-state index contributed by atoms with van der Waals surface area (Å²) in [7, 11) is 0. The molecule has 0 saturated carbocycles. The Hall–Kier alpha value is -1.14. The SMILES string of the molecule is CCC(CC)C(CNC(=O)C(NC(C)=O)C(C)C)N1CCOCC1. The Bertz CT molecular complexity index is 391. The molecule has 1 aliphatic heterocycles. The predicted octanol–water partition coefficient (Wildman–Crippen LogP) is 1.40. The van der Waals surface area contributed by atoms with E-state index in [0.717, 1.165) is 39.1 Å². The molecular weight excluding hydrogens is 306 g/mol. The molecule has 0 aromatic carbocycles. The molecule has 0 spiro atoms. The van der Waals surface area contributed by atoms with E-state index >= 15 is 0 Å². The van der Waals surface area contributed by atoms with Gasteiger partial charge in [-0.05, 0) is 11.8 Å². The van der Waals surface area contributed by atoms with Crippen molar-refractivity contribution < 1.29 is 14.3 Å². The van der Waals surface area contributed by atoms with Crippen LogP contribution in [0.15, 0.2) is 0 Å². The summed E-state index contributed by atoms with van der Waals surface area (Å²) in [6, 6.07) is -0.160. The van der Waals surface area contributed by atoms with Crippen molar-refractivity contribution in [2.24, 2.45) is 11.8 Å². The maximum atomic E-state index is 12.5. The lowest BCUT2D eigenvalue weighted by atomic mass is 9.92. The number of ether oxygens (including phenoxy) is 1. The molecule has 0 aliphatic carbocycles. The smallest absolute Gasteiger partial charge is 0.242 e. The molecule has 2 unspecified atom stereocenters. The van der Waals surface area contributed by atoms with E-state index in [2.05, 4.69) is 29.4 Å². The predicted molar refractivity (Wildman–Crippen MR) is 95.7 cm³/mol. The Labute approximate surface area is 146 Å². The summed E-state index contributed by atoms with van der Waals surface area (Å²) in [5.74, 6) is 0.337. The Balaban J connectivity index is 2.71. The van der Waals surface area contributed by atoms with Crippen LogP contribution in [-0.2, 0) is 14.3 Å². The zero-order chi connectivity index (χ0) is 18.1. The minimum absolute atomic E-state index is 0.0592. The number of rotatable bonds is 9. The van der Waals surface area contributed by atoms with Crippen molar-refractivity contribution in [3.05, 3.63) is 0 Å². The highest BCUT2D eigenvalue weighted by Crippen LogP contribution is 2.19. The third-order valence-electron chi connectivity index (χ3n) is 4.90. The molecule has 6 nitrogen and oxygen atoms in total. The average molecular weight is 341 g/mol. The first-order chi connectivity index (χ1) is 11.4. The molecular formula is C18H35N3O3. The van der Waals surface area contributed by atoms with Crippen molar-refractivity contribution in [1.29, 1.82) is 0 Å². The number of morpholine rings is 1. The quantitative estimate of drug-likeness (QED) is 0.665. The Morgan fingerprint density at radius 3 is 2.17 bits per heavy atom. The number of nitrogens with zero attached hydrogens (tertiary/aromatic N) is 1. The minimum atomic E-state index is -0.477. The molecule has 0 aromatic heterocycles. The molecule has 2 N–H and O–H groups in total. The fourth-order valence-electron chi connectivity index (χ4n) is 3.40. The van der Waals surface area contributed by atoms with E-state index in [9.17, 15) is 9.59 Å². The largest absolute Gasteiger partial charge is 0.379 e. The number of amides is 2. The normalized spacial score (nSPS) is 18.5. The number of hydrogen-bond donors (Lipinski definition) is 2. The molecule has 1 heterocycles. The van der Waals surface area contributed by atoms with Gasteiger partial charge in [0.05, 0.1) is 13.2 Å². The summed E-state index contributed by atoms with van der Waals surface area (Å²) in [5, 5.41) is 5.83. The molecule has 140 valence electrons. The number of carbonyl (C=O) groups is 2. The average Bonchev–Trinajstić information content (AvgIpc) is 2.56. The van der Waals surface area contributed by atoms with Crippen LogP contribution >= 0.6 is 0 Å². The number of carbonyl (C=O) groups excluding carboxylic acids is 2. The van der Waals surface area contributed by atoms with Gasteiger partial charge >= 0.3 is 0 Å². The van der Waals surface area contributed by atoms with E-state index in [1.54, 1.807) is 0 Å². The van der Waals surface area contributed by atoms with Crippen LogP contribution in [0.1, 0.15) is 47.5 Å². The molecule has 0 aromatic rings. The van der Waals surface area contributed by atoms with Crippen LogP contribution in [0.4, 0.5) is 0 Å². The molecule has 1 aliphatic rings. The zero-order valence-corrected chi connectivity index (χ0v) is 15.9. The van der Waals surface area contributed by atoms with Crippen LogP contribution in [0.5, 0.6) is 0 Å². The Morgan fingerprint density at radius 1 is 1.12 bits per heavy atom. The van der Waals surface area contributed by atoms with Crippen molar-refractivity contribution in [3.8, 4) is 0 Å². The first-order valence-corrected chi connectivity index (χ1v) is 9.27. The van der Waals surface area contributed by atoms with Gasteiger partial charge in [0.15, 0.2) is 0 Å². The molecule has 6 heteroatoms. The molecule has 2 atom stereocenters. The Morgan fingerprint density at radius 2 is 1.71 bits per heavy atom. The van der Waals surface area contributed by atoms with Crippen molar-refractivity contribution in [2.75, 3.05) is 32.8 Å². The van der Waals surface area contributed by atoms with Crippen LogP contribution in [0.25, 0.3) is 0 Å². The second kappa shape index (κ2) is 10.7. The van der Waals surface area contributed by atoms with Crippen LogP contribution in [0.3, 0.4) is 0 Å². The van der Waals surface area contributed by atoms with Crippen LogP contribution in [-0.4, -0.2) is 61.6 Å². The molecule has 0 radical (unpaired) electrons. The van der Waals surface area contributed by atoms with E-state index in [4.69, 9.17) is 4.74 Å². The van der Waals surface area contributed by atoms with Gasteiger partial charge in [-0.25, -0.2) is 0 Å². The molecule has 2 amide bonds. The van der Waals surface area contributed by atoms with Gasteiger partial charge < -0.3 is 15.4 Å². The highest BCUT2D eigenvalue weighted by Gasteiger charge is 2.29. The summed E-state index contributed by atoms with van der Waals surface area (Å²) in [6.07, 6.45) is 2.18. The van der Waals surface area contributed by atoms with Gasteiger partial charge in [-0.1, -0.05) is 40.5 Å². The van der Waals surface area contributed by atoms with Crippen molar-refractivity contribution in [1.82, 2.24) is 15.5 Å². The van der Waals surface area contributed by atoms with E-state index in [1.807, 2.05) is 13.8 Å². The van der Waals surface area contributed by atoms with Crippen LogP contribution < -0.4 is 10.6 Å². The molecule has 1 rings (SSSR count). The summed E-state index contributed by atoms with van der Waals surface area (Å²) < 4.78 is 5.46. The van der Waals surface area contributed by atoms with Gasteiger partial charge in [0.25, 0.3) is 0 Å². The summed E-state index contributed by atoms with van der Waals surface area (Å²) in [5.41, 5.74) is 0. The van der Waals surface area contributed by atoms with Crippen LogP contribution in [0.2, 0.25) is 0 Å². The fraction of sp³-hybridized carbons (Fsp3) is 0.889. The van der Waals surface area contributed by atoms with Gasteiger partial charge in [-0.2, -0.15) is 0 Å². The molecule has 1 saturated heterocycles. The summed E-state index contributed by atoms with van der Waals surface area (Å²) in [4.78, 5) is 26.3. The van der Waals surface area contributed by atoms with Crippen LogP contribution in [0, 0.1) is 11.8 Å². The van der Waals surface area contributed by atoms with Crippen molar-refractivity contribution in [3.63, 3.8) is 0 Å². The monoisotopic (exact) mass is 341 g/mol. The summed E-state index contributed by atoms with van der Waals surface area (Å²) >= 11 is 0. The molecule has 0 bridgehead atoms. The minimum Gasteiger partial charge on any atom is -0.379 e. The van der Waals surface area contributed by atoms with Gasteiger partial charge in [0, 0.05) is 32.6 Å². The maximum Gasteiger partial charge on any atom is 0.242 e. The van der Waals surface area contributed by atoms with Gasteiger partial charge in [0.1, 0.15) is 6.04 Å². The summed E-state index contributed by atoms with van der Waals surface area (Å²) in [6.45, 7) is 13.7. The lowest BCUT2D eigenvalue weighted by Crippen LogP contribution is -2.55.